The lowest BCUT2D eigenvalue weighted by atomic mass is 9.86. The Bertz CT molecular complexity index is 1760. The van der Waals surface area contributed by atoms with Gasteiger partial charge in [-0.2, -0.15) is 4.31 Å². The number of nitrogens with one attached hydrogen (secondary N) is 1. The Balaban J connectivity index is 1.10. The van der Waals surface area contributed by atoms with Crippen LogP contribution in [0, 0.1) is 41.2 Å². The first-order valence-electron chi connectivity index (χ1n) is 17.2. The van der Waals surface area contributed by atoms with Crippen LogP contribution in [-0.4, -0.2) is 79.6 Å². The first-order valence-corrected chi connectivity index (χ1v) is 19.4. The molecule has 3 heterocycles. The van der Waals surface area contributed by atoms with Crippen molar-refractivity contribution in [1.29, 1.82) is 0 Å². The quantitative estimate of drug-likeness (QED) is 0.212. The van der Waals surface area contributed by atoms with Gasteiger partial charge in [-0.1, -0.05) is 25.2 Å². The van der Waals surface area contributed by atoms with Crippen LogP contribution >= 0.6 is 11.3 Å². The van der Waals surface area contributed by atoms with Gasteiger partial charge in [0.2, 0.25) is 10.0 Å². The number of thiazole rings is 1. The summed E-state index contributed by atoms with van der Waals surface area (Å²) >= 11 is 1.39. The summed E-state index contributed by atoms with van der Waals surface area (Å²) in [7, 11) is -4.10. The smallest absolute Gasteiger partial charge is 0.306 e. The van der Waals surface area contributed by atoms with Crippen LogP contribution in [0.15, 0.2) is 41.3 Å². The molecule has 7 atom stereocenters. The number of halogens is 2. The Labute approximate surface area is 289 Å². The highest BCUT2D eigenvalue weighted by atomic mass is 32.2. The highest BCUT2D eigenvalue weighted by Crippen LogP contribution is 2.50. The molecule has 266 valence electrons. The lowest BCUT2D eigenvalue weighted by molar-refractivity contribution is -0.182. The van der Waals surface area contributed by atoms with Gasteiger partial charge in [-0.3, -0.25) is 4.79 Å². The largest absolute Gasteiger partial charge is 0.462 e. The number of ether oxygens (including phenoxy) is 3. The van der Waals surface area contributed by atoms with Crippen LogP contribution in [0.25, 0.3) is 10.2 Å². The second-order valence-corrected chi connectivity index (χ2v) is 17.4. The number of nitrogens with zero attached hydrogens (tertiary/aromatic N) is 2. The Kier molecular flexibility index (Phi) is 9.99. The van der Waals surface area contributed by atoms with Crippen molar-refractivity contribution in [2.24, 2.45) is 29.6 Å². The highest BCUT2D eigenvalue weighted by Gasteiger charge is 2.55. The van der Waals surface area contributed by atoms with Crippen molar-refractivity contribution in [2.45, 2.75) is 81.8 Å². The number of esters is 1. The molecule has 4 aliphatic rings. The van der Waals surface area contributed by atoms with Crippen LogP contribution in [0.5, 0.6) is 0 Å². The van der Waals surface area contributed by atoms with Gasteiger partial charge in [0.1, 0.15) is 17.7 Å². The van der Waals surface area contributed by atoms with E-state index in [0.29, 0.717) is 31.2 Å². The van der Waals surface area contributed by atoms with Crippen molar-refractivity contribution in [1.82, 2.24) is 9.29 Å². The molecule has 0 radical (unpaired) electrons. The van der Waals surface area contributed by atoms with Crippen molar-refractivity contribution in [3.63, 3.8) is 0 Å². The summed E-state index contributed by atoms with van der Waals surface area (Å²) in [6.45, 7) is 4.62. The fraction of sp³-hybridized carbons (Fsp3) is 0.600. The van der Waals surface area contributed by atoms with Crippen molar-refractivity contribution in [3.8, 4) is 0 Å². The summed E-state index contributed by atoms with van der Waals surface area (Å²) in [5.74, 6) is -2.55. The zero-order chi connectivity index (χ0) is 34.4. The van der Waals surface area contributed by atoms with Crippen LogP contribution in [0.4, 0.5) is 13.9 Å². The standard InChI is InChI=1S/C35H43F2N3O7S2/c1-19(2)16-40(49(43,44)26-5-6-28-31(15-26)48-35(39-28)38-25-3-4-25)17-29(41)21(9-20-10-23(36)14-24(37)11-20)13-32(42)47-30-12-22-18-46-34-33(22)27(30)7-8-45-34/h5-6,10-11,14-15,19,21-22,25,27,29-30,33-34,41H,3-4,7-9,12-13,16-18H2,1-2H3,(H,38,39)/t21?,22?,27?,29-,30+,33-,34-/m1/s1. The summed E-state index contributed by atoms with van der Waals surface area (Å²) < 4.78 is 76.2. The Morgan fingerprint density at radius 2 is 1.90 bits per heavy atom. The second kappa shape index (κ2) is 14.1. The monoisotopic (exact) mass is 719 g/mol. The van der Waals surface area contributed by atoms with E-state index in [4.69, 9.17) is 14.2 Å². The van der Waals surface area contributed by atoms with Crippen LogP contribution < -0.4 is 5.32 Å². The fourth-order valence-electron chi connectivity index (χ4n) is 7.67. The average molecular weight is 720 g/mol. The van der Waals surface area contributed by atoms with Crippen LogP contribution in [0.2, 0.25) is 0 Å². The van der Waals surface area contributed by atoms with E-state index in [-0.39, 0.29) is 72.5 Å². The molecule has 10 nitrogen and oxygen atoms in total. The molecule has 0 amide bonds. The molecular weight excluding hydrogens is 677 g/mol. The summed E-state index contributed by atoms with van der Waals surface area (Å²) in [6.07, 6.45) is 1.31. The first-order chi connectivity index (χ1) is 23.4. The molecule has 2 aliphatic heterocycles. The molecule has 3 unspecified atom stereocenters. The van der Waals surface area contributed by atoms with E-state index in [1.165, 1.54) is 21.7 Å². The summed E-state index contributed by atoms with van der Waals surface area (Å²) in [5.41, 5.74) is 0.942. The molecule has 2 aliphatic carbocycles. The molecule has 0 spiro atoms. The van der Waals surface area contributed by atoms with Gasteiger partial charge in [-0.15, -0.1) is 0 Å². The third-order valence-corrected chi connectivity index (χ3v) is 12.9. The van der Waals surface area contributed by atoms with Gasteiger partial charge in [-0.25, -0.2) is 22.2 Å². The number of aromatic nitrogens is 1. The lowest BCUT2D eigenvalue weighted by Crippen LogP contribution is -2.43. The van der Waals surface area contributed by atoms with Gasteiger partial charge in [0.05, 0.1) is 40.9 Å². The molecule has 2 N–H and O–H groups in total. The summed E-state index contributed by atoms with van der Waals surface area (Å²) in [5, 5.41) is 15.8. The molecule has 2 aromatic carbocycles. The van der Waals surface area contributed by atoms with E-state index < -0.39 is 39.6 Å². The van der Waals surface area contributed by atoms with E-state index in [1.54, 1.807) is 12.1 Å². The number of aliphatic hydroxyl groups excluding tert-OH is 1. The zero-order valence-electron chi connectivity index (χ0n) is 27.6. The minimum Gasteiger partial charge on any atom is -0.462 e. The Morgan fingerprint density at radius 3 is 2.63 bits per heavy atom. The van der Waals surface area contributed by atoms with Gasteiger partial charge in [0, 0.05) is 43.0 Å². The summed E-state index contributed by atoms with van der Waals surface area (Å²) in [4.78, 5) is 18.2. The maximum Gasteiger partial charge on any atom is 0.306 e. The first kappa shape index (κ1) is 34.7. The molecule has 2 saturated carbocycles. The van der Waals surface area contributed by atoms with Gasteiger partial charge in [0.15, 0.2) is 11.4 Å². The predicted octanol–water partition coefficient (Wildman–Crippen LogP) is 5.35. The highest BCUT2D eigenvalue weighted by molar-refractivity contribution is 7.89. The molecule has 3 aromatic rings. The van der Waals surface area contributed by atoms with Gasteiger partial charge < -0.3 is 24.6 Å². The Hall–Kier alpha value is -2.75. The van der Waals surface area contributed by atoms with Crippen LogP contribution in [0.3, 0.4) is 0 Å². The normalized spacial score (nSPS) is 26.3. The third kappa shape index (κ3) is 7.79. The number of hydrogen-bond acceptors (Lipinski definition) is 10. The number of carbonyl (C=O) groups excluding carboxylic acids is 1. The Morgan fingerprint density at radius 1 is 1.12 bits per heavy atom. The predicted molar refractivity (Wildman–Crippen MR) is 179 cm³/mol. The van der Waals surface area contributed by atoms with E-state index in [0.717, 1.165) is 47.3 Å². The van der Waals surface area contributed by atoms with Crippen molar-refractivity contribution >= 4 is 42.7 Å². The topological polar surface area (TPSA) is 127 Å². The number of benzene rings is 2. The molecule has 49 heavy (non-hydrogen) atoms. The molecule has 2 saturated heterocycles. The SMILES string of the molecule is CC(C)CN(C[C@@H](O)C(CC(=O)O[C@H]1CC2CO[C@H]3OCCC1[C@@H]23)Cc1cc(F)cc(F)c1)S(=O)(=O)c1ccc2nc(NC3CC3)sc2c1. The average Bonchev–Trinajstić information content (AvgIpc) is 3.44. The second-order valence-electron chi connectivity index (χ2n) is 14.4. The molecular formula is C35H43F2N3O7S2. The minimum absolute atomic E-state index is 0.0623. The number of sulfonamides is 1. The molecule has 7 rings (SSSR count). The van der Waals surface area contributed by atoms with E-state index >= 15 is 0 Å². The van der Waals surface area contributed by atoms with Crippen molar-refractivity contribution in [2.75, 3.05) is 31.6 Å². The molecule has 4 fully saturated rings. The van der Waals surface area contributed by atoms with Crippen molar-refractivity contribution in [3.05, 3.63) is 53.6 Å². The van der Waals surface area contributed by atoms with E-state index in [1.807, 2.05) is 13.8 Å². The van der Waals surface area contributed by atoms with Gasteiger partial charge >= 0.3 is 5.97 Å². The zero-order valence-corrected chi connectivity index (χ0v) is 29.2. The maximum atomic E-state index is 14.2. The summed E-state index contributed by atoms with van der Waals surface area (Å²) in [6, 6.07) is 8.29. The van der Waals surface area contributed by atoms with E-state index in [9.17, 15) is 27.1 Å². The van der Waals surface area contributed by atoms with Crippen molar-refractivity contribution < 1.29 is 41.3 Å². The lowest BCUT2D eigenvalue weighted by Gasteiger charge is -2.33. The van der Waals surface area contributed by atoms with Crippen LogP contribution in [0.1, 0.15) is 51.5 Å². The number of rotatable bonds is 14. The van der Waals surface area contributed by atoms with Gasteiger partial charge in [-0.05, 0) is 79.8 Å². The fourth-order valence-corrected chi connectivity index (χ4v) is 10.4. The maximum absolute atomic E-state index is 14.2. The number of fused-ring (bicyclic) bond motifs is 1. The van der Waals surface area contributed by atoms with E-state index in [2.05, 4.69) is 10.3 Å². The minimum atomic E-state index is -4.10. The number of hydrogen-bond donors (Lipinski definition) is 2. The molecule has 1 aromatic heterocycles. The molecule has 14 heteroatoms. The number of carbonyl (C=O) groups is 1. The molecule has 0 bridgehead atoms. The van der Waals surface area contributed by atoms with Crippen LogP contribution in [-0.2, 0) is 35.4 Å². The third-order valence-electron chi connectivity index (χ3n) is 10.1. The van der Waals surface area contributed by atoms with Gasteiger partial charge in [0.25, 0.3) is 0 Å². The number of aliphatic hydroxyl groups is 1. The number of anilines is 1.